The molecule has 1 aromatic rings. The van der Waals surface area contributed by atoms with Crippen molar-refractivity contribution in [2.24, 2.45) is 7.05 Å². The quantitative estimate of drug-likeness (QED) is 0.852. The highest BCUT2D eigenvalue weighted by Gasteiger charge is 2.41. The maximum Gasteiger partial charge on any atom is 0.268 e. The van der Waals surface area contributed by atoms with Crippen LogP contribution in [0.25, 0.3) is 0 Å². The van der Waals surface area contributed by atoms with Crippen molar-refractivity contribution in [3.8, 4) is 0 Å². The lowest BCUT2D eigenvalue weighted by Gasteiger charge is -2.48. The lowest BCUT2D eigenvalue weighted by molar-refractivity contribution is 0.0845. The average Bonchev–Trinajstić information content (AvgIpc) is 2.68. The van der Waals surface area contributed by atoms with Crippen molar-refractivity contribution >= 4 is 5.91 Å². The third-order valence-corrected chi connectivity index (χ3v) is 4.88. The summed E-state index contributed by atoms with van der Waals surface area (Å²) in [5, 5.41) is 6.85. The first-order valence-electron chi connectivity index (χ1n) is 7.28. The number of nitrogens with one attached hydrogen (secondary N) is 2. The zero-order valence-electron chi connectivity index (χ0n) is 11.8. The summed E-state index contributed by atoms with van der Waals surface area (Å²) in [6.45, 7) is 3.04. The van der Waals surface area contributed by atoms with Gasteiger partial charge < -0.3 is 15.2 Å². The van der Waals surface area contributed by atoms with Crippen LogP contribution < -0.4 is 10.6 Å². The molecule has 0 radical (unpaired) electrons. The summed E-state index contributed by atoms with van der Waals surface area (Å²) >= 11 is 0. The summed E-state index contributed by atoms with van der Waals surface area (Å²) in [4.78, 5) is 12.3. The molecule has 0 aromatic carbocycles. The highest BCUT2D eigenvalue weighted by molar-refractivity contribution is 5.93. The maximum absolute atomic E-state index is 12.3. The van der Waals surface area contributed by atoms with Crippen LogP contribution in [-0.2, 0) is 7.05 Å². The van der Waals surface area contributed by atoms with Gasteiger partial charge in [0.15, 0.2) is 0 Å². The summed E-state index contributed by atoms with van der Waals surface area (Å²) in [5.41, 5.74) is 2.21. The van der Waals surface area contributed by atoms with Gasteiger partial charge in [0.1, 0.15) is 5.69 Å². The molecule has 3 rings (SSSR count). The standard InChI is InChI=1S/C15H23N3O/c1-11-4-5-13(18(11)2)14(19)17-12-6-9-16-15(10-12)7-3-8-15/h4-5,12,16H,3,6-10H2,1-2H3,(H,17,19). The molecule has 4 nitrogen and oxygen atoms in total. The lowest BCUT2D eigenvalue weighted by Crippen LogP contribution is -2.59. The number of carbonyl (C=O) groups excluding carboxylic acids is 1. The normalized spacial score (nSPS) is 25.1. The van der Waals surface area contributed by atoms with Crippen molar-refractivity contribution in [2.45, 2.75) is 50.6 Å². The van der Waals surface area contributed by atoms with E-state index >= 15 is 0 Å². The molecule has 2 aliphatic rings. The molecule has 104 valence electrons. The van der Waals surface area contributed by atoms with E-state index in [0.29, 0.717) is 11.6 Å². The smallest absolute Gasteiger partial charge is 0.268 e. The molecule has 0 bridgehead atoms. The molecule has 1 saturated carbocycles. The monoisotopic (exact) mass is 261 g/mol. The molecule has 2 heterocycles. The van der Waals surface area contributed by atoms with E-state index in [1.807, 2.05) is 30.7 Å². The van der Waals surface area contributed by atoms with Crippen LogP contribution in [0.2, 0.25) is 0 Å². The van der Waals surface area contributed by atoms with E-state index in [1.165, 1.54) is 19.3 Å². The number of amides is 1. The predicted octanol–water partition coefficient (Wildman–Crippen LogP) is 1.74. The van der Waals surface area contributed by atoms with Gasteiger partial charge in [0.05, 0.1) is 0 Å². The molecule has 2 fully saturated rings. The first-order chi connectivity index (χ1) is 9.10. The molecular weight excluding hydrogens is 238 g/mol. The summed E-state index contributed by atoms with van der Waals surface area (Å²) in [7, 11) is 1.94. The van der Waals surface area contributed by atoms with E-state index in [9.17, 15) is 4.79 Å². The molecule has 19 heavy (non-hydrogen) atoms. The Kier molecular flexibility index (Phi) is 3.13. The highest BCUT2D eigenvalue weighted by Crippen LogP contribution is 2.38. The largest absolute Gasteiger partial charge is 0.348 e. The van der Waals surface area contributed by atoms with Crippen molar-refractivity contribution in [1.29, 1.82) is 0 Å². The third kappa shape index (κ3) is 2.29. The number of aromatic nitrogens is 1. The molecule has 1 atom stereocenters. The topological polar surface area (TPSA) is 46.1 Å². The second-order valence-corrected chi connectivity index (χ2v) is 6.14. The molecular formula is C15H23N3O. The first-order valence-corrected chi connectivity index (χ1v) is 7.28. The summed E-state index contributed by atoms with van der Waals surface area (Å²) in [5.74, 6) is 0.0666. The van der Waals surface area contributed by atoms with Crippen LogP contribution in [0.1, 0.15) is 48.3 Å². The van der Waals surface area contributed by atoms with Crippen molar-refractivity contribution in [2.75, 3.05) is 6.54 Å². The second-order valence-electron chi connectivity index (χ2n) is 6.14. The Morgan fingerprint density at radius 1 is 1.47 bits per heavy atom. The van der Waals surface area contributed by atoms with E-state index in [0.717, 1.165) is 30.8 Å². The van der Waals surface area contributed by atoms with Gasteiger partial charge in [0.25, 0.3) is 5.91 Å². The van der Waals surface area contributed by atoms with Crippen LogP contribution in [-0.4, -0.2) is 28.6 Å². The van der Waals surface area contributed by atoms with Gasteiger partial charge in [-0.05, 0) is 57.7 Å². The van der Waals surface area contributed by atoms with Crippen molar-refractivity contribution in [3.05, 3.63) is 23.5 Å². The molecule has 1 aliphatic heterocycles. The Bertz CT molecular complexity index is 488. The molecule has 1 amide bonds. The number of carbonyl (C=O) groups is 1. The fraction of sp³-hybridized carbons (Fsp3) is 0.667. The minimum atomic E-state index is 0.0666. The molecule has 2 N–H and O–H groups in total. The van der Waals surface area contributed by atoms with Crippen LogP contribution in [0.3, 0.4) is 0 Å². The lowest BCUT2D eigenvalue weighted by atomic mass is 9.70. The molecule has 1 spiro atoms. The van der Waals surface area contributed by atoms with Gasteiger partial charge in [-0.25, -0.2) is 0 Å². The Morgan fingerprint density at radius 3 is 2.84 bits per heavy atom. The zero-order valence-corrected chi connectivity index (χ0v) is 11.8. The number of hydrogen-bond acceptors (Lipinski definition) is 2. The molecule has 1 unspecified atom stereocenters. The molecule has 1 aliphatic carbocycles. The Balaban J connectivity index is 1.64. The van der Waals surface area contributed by atoms with Crippen LogP contribution in [0.5, 0.6) is 0 Å². The van der Waals surface area contributed by atoms with Gasteiger partial charge in [-0.15, -0.1) is 0 Å². The fourth-order valence-corrected chi connectivity index (χ4v) is 3.37. The Hall–Kier alpha value is -1.29. The van der Waals surface area contributed by atoms with Crippen LogP contribution in [0, 0.1) is 6.92 Å². The van der Waals surface area contributed by atoms with Crippen molar-refractivity contribution in [3.63, 3.8) is 0 Å². The Morgan fingerprint density at radius 2 is 2.26 bits per heavy atom. The molecule has 1 saturated heterocycles. The first kappa shape index (κ1) is 12.7. The number of hydrogen-bond donors (Lipinski definition) is 2. The van der Waals surface area contributed by atoms with Gasteiger partial charge in [0, 0.05) is 24.3 Å². The summed E-state index contributed by atoms with van der Waals surface area (Å²) < 4.78 is 1.95. The summed E-state index contributed by atoms with van der Waals surface area (Å²) in [6.07, 6.45) is 5.98. The van der Waals surface area contributed by atoms with Gasteiger partial charge in [-0.3, -0.25) is 4.79 Å². The van der Waals surface area contributed by atoms with E-state index < -0.39 is 0 Å². The third-order valence-electron chi connectivity index (χ3n) is 4.88. The zero-order chi connectivity index (χ0) is 13.5. The van der Waals surface area contributed by atoms with E-state index in [4.69, 9.17) is 0 Å². The number of nitrogens with zero attached hydrogens (tertiary/aromatic N) is 1. The van der Waals surface area contributed by atoms with Crippen LogP contribution in [0.4, 0.5) is 0 Å². The molecule has 1 aromatic heterocycles. The van der Waals surface area contributed by atoms with E-state index in [2.05, 4.69) is 10.6 Å². The molecule has 4 heteroatoms. The van der Waals surface area contributed by atoms with Gasteiger partial charge >= 0.3 is 0 Å². The van der Waals surface area contributed by atoms with Crippen LogP contribution >= 0.6 is 0 Å². The SMILES string of the molecule is Cc1ccc(C(=O)NC2CCNC3(CCC3)C2)n1C. The second kappa shape index (κ2) is 4.67. The minimum Gasteiger partial charge on any atom is -0.348 e. The Labute approximate surface area is 114 Å². The van der Waals surface area contributed by atoms with Gasteiger partial charge in [0.2, 0.25) is 0 Å². The van der Waals surface area contributed by atoms with E-state index in [-0.39, 0.29) is 5.91 Å². The maximum atomic E-state index is 12.3. The van der Waals surface area contributed by atoms with Gasteiger partial charge in [-0.1, -0.05) is 0 Å². The van der Waals surface area contributed by atoms with Crippen LogP contribution in [0.15, 0.2) is 12.1 Å². The highest BCUT2D eigenvalue weighted by atomic mass is 16.2. The summed E-state index contributed by atoms with van der Waals surface area (Å²) in [6, 6.07) is 4.22. The van der Waals surface area contributed by atoms with E-state index in [1.54, 1.807) is 0 Å². The fourth-order valence-electron chi connectivity index (χ4n) is 3.37. The predicted molar refractivity (Wildman–Crippen MR) is 75.2 cm³/mol. The van der Waals surface area contributed by atoms with Crippen molar-refractivity contribution < 1.29 is 4.79 Å². The number of aryl methyl sites for hydroxylation is 1. The van der Waals surface area contributed by atoms with Crippen molar-refractivity contribution in [1.82, 2.24) is 15.2 Å². The average molecular weight is 261 g/mol. The number of piperidine rings is 1. The minimum absolute atomic E-state index is 0.0666. The number of rotatable bonds is 2. The van der Waals surface area contributed by atoms with Gasteiger partial charge in [-0.2, -0.15) is 0 Å².